The number of anilines is 1. The Hall–Kier alpha value is -2.10. The number of rotatable bonds is 4. The quantitative estimate of drug-likeness (QED) is 0.905. The zero-order chi connectivity index (χ0) is 14.4. The topological polar surface area (TPSA) is 68.0 Å². The molecule has 1 aromatic carbocycles. The maximum absolute atomic E-state index is 12.3. The second kappa shape index (κ2) is 4.45. The summed E-state index contributed by atoms with van der Waals surface area (Å²) in [4.78, 5) is 16.6. The van der Waals surface area contributed by atoms with E-state index < -0.39 is 0 Å². The Morgan fingerprint density at radius 2 is 2.10 bits per heavy atom. The van der Waals surface area contributed by atoms with Gasteiger partial charge in [-0.05, 0) is 48.5 Å². The molecule has 1 amide bonds. The van der Waals surface area contributed by atoms with Crippen LogP contribution in [0.2, 0.25) is 0 Å². The molecule has 2 saturated carbocycles. The Kier molecular flexibility index (Phi) is 2.67. The van der Waals surface area contributed by atoms with Crippen molar-refractivity contribution >= 4 is 22.5 Å². The van der Waals surface area contributed by atoms with Crippen molar-refractivity contribution in [2.24, 2.45) is 11.3 Å². The second-order valence-electron chi connectivity index (χ2n) is 6.43. The summed E-state index contributed by atoms with van der Waals surface area (Å²) in [5.74, 6) is 1.15. The normalized spacial score (nSPS) is 19.4. The maximum atomic E-state index is 12.3. The van der Waals surface area contributed by atoms with Crippen LogP contribution in [0.1, 0.15) is 36.2 Å². The van der Waals surface area contributed by atoms with E-state index in [4.69, 9.17) is 5.73 Å². The van der Waals surface area contributed by atoms with E-state index in [1.807, 2.05) is 30.3 Å². The molecular formula is C17H19N3O. The van der Waals surface area contributed by atoms with Gasteiger partial charge in [-0.3, -0.25) is 4.79 Å². The van der Waals surface area contributed by atoms with Crippen LogP contribution in [0.3, 0.4) is 0 Å². The minimum absolute atomic E-state index is 0.112. The highest BCUT2D eigenvalue weighted by molar-refractivity contribution is 5.99. The SMILES string of the molecule is Nc1nc(C(=O)NCC2(C3CC3)CC2)cc2ccccc12. The Morgan fingerprint density at radius 1 is 1.33 bits per heavy atom. The van der Waals surface area contributed by atoms with Crippen LogP contribution in [0.4, 0.5) is 5.82 Å². The Bertz CT molecular complexity index is 717. The number of benzene rings is 1. The van der Waals surface area contributed by atoms with Crippen LogP contribution in [0, 0.1) is 11.3 Å². The van der Waals surface area contributed by atoms with Gasteiger partial charge in [-0.2, -0.15) is 0 Å². The number of carbonyl (C=O) groups excluding carboxylic acids is 1. The summed E-state index contributed by atoms with van der Waals surface area (Å²) in [5, 5.41) is 4.91. The molecule has 0 saturated heterocycles. The predicted molar refractivity (Wildman–Crippen MR) is 82.9 cm³/mol. The molecule has 0 atom stereocenters. The molecule has 1 aromatic heterocycles. The van der Waals surface area contributed by atoms with Crippen LogP contribution in [0.5, 0.6) is 0 Å². The summed E-state index contributed by atoms with van der Waals surface area (Å²) in [5.41, 5.74) is 6.77. The minimum Gasteiger partial charge on any atom is -0.383 e. The predicted octanol–water partition coefficient (Wildman–Crippen LogP) is 2.74. The highest BCUT2D eigenvalue weighted by Gasteiger charge is 2.53. The summed E-state index contributed by atoms with van der Waals surface area (Å²) in [6, 6.07) is 9.56. The lowest BCUT2D eigenvalue weighted by Gasteiger charge is -2.15. The van der Waals surface area contributed by atoms with Crippen molar-refractivity contribution in [3.63, 3.8) is 0 Å². The molecule has 2 aromatic rings. The number of aromatic nitrogens is 1. The smallest absolute Gasteiger partial charge is 0.270 e. The van der Waals surface area contributed by atoms with Gasteiger partial charge >= 0.3 is 0 Å². The average molecular weight is 281 g/mol. The molecule has 0 aliphatic heterocycles. The maximum Gasteiger partial charge on any atom is 0.270 e. The molecule has 4 nitrogen and oxygen atoms in total. The van der Waals surface area contributed by atoms with Gasteiger partial charge in [0, 0.05) is 11.9 Å². The standard InChI is InChI=1S/C17H19N3O/c18-15-13-4-2-1-3-11(13)9-14(20-15)16(21)19-10-17(7-8-17)12-5-6-12/h1-4,9,12H,5-8,10H2,(H2,18,20)(H,19,21). The molecule has 2 aliphatic carbocycles. The van der Waals surface area contributed by atoms with Crippen molar-refractivity contribution in [1.82, 2.24) is 10.3 Å². The van der Waals surface area contributed by atoms with Crippen LogP contribution >= 0.6 is 0 Å². The number of nitrogens with two attached hydrogens (primary N) is 1. The fourth-order valence-corrected chi connectivity index (χ4v) is 3.27. The average Bonchev–Trinajstić information content (AvgIpc) is 3.37. The van der Waals surface area contributed by atoms with E-state index in [0.717, 1.165) is 23.2 Å². The number of amides is 1. The van der Waals surface area contributed by atoms with Gasteiger partial charge in [0.25, 0.3) is 5.91 Å². The summed E-state index contributed by atoms with van der Waals surface area (Å²) in [6.45, 7) is 0.783. The highest BCUT2D eigenvalue weighted by Crippen LogP contribution is 2.60. The molecule has 21 heavy (non-hydrogen) atoms. The third-order valence-electron chi connectivity index (χ3n) is 4.94. The van der Waals surface area contributed by atoms with E-state index in [0.29, 0.717) is 16.9 Å². The number of nitrogens with zero attached hydrogens (tertiary/aromatic N) is 1. The van der Waals surface area contributed by atoms with Crippen molar-refractivity contribution in [3.05, 3.63) is 36.0 Å². The molecule has 108 valence electrons. The summed E-state index contributed by atoms with van der Waals surface area (Å²) in [7, 11) is 0. The van der Waals surface area contributed by atoms with Crippen LogP contribution in [-0.4, -0.2) is 17.4 Å². The first-order chi connectivity index (χ1) is 10.2. The van der Waals surface area contributed by atoms with Gasteiger partial charge in [-0.1, -0.05) is 24.3 Å². The molecule has 0 spiro atoms. The molecule has 0 unspecified atom stereocenters. The van der Waals surface area contributed by atoms with E-state index in [2.05, 4.69) is 10.3 Å². The molecule has 4 heteroatoms. The summed E-state index contributed by atoms with van der Waals surface area (Å²) in [6.07, 6.45) is 5.17. The zero-order valence-electron chi connectivity index (χ0n) is 11.9. The van der Waals surface area contributed by atoms with Crippen molar-refractivity contribution in [2.75, 3.05) is 12.3 Å². The Morgan fingerprint density at radius 3 is 2.81 bits per heavy atom. The molecule has 3 N–H and O–H groups in total. The van der Waals surface area contributed by atoms with Crippen LogP contribution in [-0.2, 0) is 0 Å². The largest absolute Gasteiger partial charge is 0.383 e. The number of nitrogen functional groups attached to an aromatic ring is 1. The van der Waals surface area contributed by atoms with Gasteiger partial charge in [0.2, 0.25) is 0 Å². The molecular weight excluding hydrogens is 262 g/mol. The molecule has 0 radical (unpaired) electrons. The minimum atomic E-state index is -0.112. The number of hydrogen-bond donors (Lipinski definition) is 2. The third kappa shape index (κ3) is 2.24. The van der Waals surface area contributed by atoms with Gasteiger partial charge in [0.15, 0.2) is 0 Å². The van der Waals surface area contributed by atoms with Crippen molar-refractivity contribution < 1.29 is 4.79 Å². The fourth-order valence-electron chi connectivity index (χ4n) is 3.27. The first kappa shape index (κ1) is 12.6. The van der Waals surface area contributed by atoms with Gasteiger partial charge in [0.1, 0.15) is 11.5 Å². The first-order valence-electron chi connectivity index (χ1n) is 7.61. The first-order valence-corrected chi connectivity index (χ1v) is 7.61. The van der Waals surface area contributed by atoms with Gasteiger partial charge in [0.05, 0.1) is 0 Å². The van der Waals surface area contributed by atoms with E-state index in [9.17, 15) is 4.79 Å². The summed E-state index contributed by atoms with van der Waals surface area (Å²) >= 11 is 0. The molecule has 4 rings (SSSR count). The highest BCUT2D eigenvalue weighted by atomic mass is 16.1. The van der Waals surface area contributed by atoms with E-state index in [-0.39, 0.29) is 5.91 Å². The third-order valence-corrected chi connectivity index (χ3v) is 4.94. The Labute approximate surface area is 123 Å². The van der Waals surface area contributed by atoms with Crippen LogP contribution in [0.15, 0.2) is 30.3 Å². The zero-order valence-corrected chi connectivity index (χ0v) is 11.9. The molecule has 2 aliphatic rings. The fraction of sp³-hybridized carbons (Fsp3) is 0.412. The van der Waals surface area contributed by atoms with Gasteiger partial charge < -0.3 is 11.1 Å². The molecule has 0 bridgehead atoms. The lowest BCUT2D eigenvalue weighted by molar-refractivity contribution is 0.0938. The monoisotopic (exact) mass is 281 g/mol. The van der Waals surface area contributed by atoms with Gasteiger partial charge in [-0.15, -0.1) is 0 Å². The van der Waals surface area contributed by atoms with E-state index >= 15 is 0 Å². The lowest BCUT2D eigenvalue weighted by Crippen LogP contribution is -2.31. The van der Waals surface area contributed by atoms with Crippen LogP contribution in [0.25, 0.3) is 10.8 Å². The summed E-state index contributed by atoms with van der Waals surface area (Å²) < 4.78 is 0. The number of fused-ring (bicyclic) bond motifs is 1. The van der Waals surface area contributed by atoms with Crippen LogP contribution < -0.4 is 11.1 Å². The second-order valence-corrected chi connectivity index (χ2v) is 6.43. The molecule has 2 fully saturated rings. The van der Waals surface area contributed by atoms with Gasteiger partial charge in [-0.25, -0.2) is 4.98 Å². The lowest BCUT2D eigenvalue weighted by atomic mass is 10.0. The van der Waals surface area contributed by atoms with Crippen molar-refractivity contribution in [2.45, 2.75) is 25.7 Å². The van der Waals surface area contributed by atoms with E-state index in [1.165, 1.54) is 25.7 Å². The van der Waals surface area contributed by atoms with Crippen molar-refractivity contribution in [1.29, 1.82) is 0 Å². The number of carbonyl (C=O) groups is 1. The molecule has 1 heterocycles. The number of hydrogen-bond acceptors (Lipinski definition) is 3. The van der Waals surface area contributed by atoms with E-state index in [1.54, 1.807) is 0 Å². The number of pyridine rings is 1. The van der Waals surface area contributed by atoms with Crippen molar-refractivity contribution in [3.8, 4) is 0 Å². The number of nitrogens with one attached hydrogen (secondary N) is 1. The Balaban J connectivity index is 1.54.